The van der Waals surface area contributed by atoms with E-state index in [0.29, 0.717) is 22.3 Å². The van der Waals surface area contributed by atoms with Crippen molar-refractivity contribution < 1.29 is 9.53 Å². The minimum absolute atomic E-state index is 0.417. The molecule has 1 heterocycles. The van der Waals surface area contributed by atoms with Crippen molar-refractivity contribution >= 4 is 29.1 Å². The lowest BCUT2D eigenvalue weighted by Crippen LogP contribution is -2.20. The number of hydrogen-bond acceptors (Lipinski definition) is 3. The molecule has 0 atom stereocenters. The second kappa shape index (κ2) is 5.62. The molecule has 1 aromatic heterocycles. The minimum atomic E-state index is -0.417. The number of urea groups is 1. The van der Waals surface area contributed by atoms with Crippen LogP contribution >= 0.6 is 11.6 Å². The van der Waals surface area contributed by atoms with Crippen LogP contribution in [0.4, 0.5) is 16.3 Å². The monoisotopic (exact) mass is 280 g/mol. The number of aryl methyl sites for hydroxylation is 1. The van der Waals surface area contributed by atoms with Crippen molar-refractivity contribution in [1.29, 1.82) is 0 Å². The largest absolute Gasteiger partial charge is 0.493 e. The van der Waals surface area contributed by atoms with Crippen LogP contribution < -0.4 is 15.4 Å². The van der Waals surface area contributed by atoms with Crippen LogP contribution in [0.5, 0.6) is 5.75 Å². The molecule has 6 nitrogen and oxygen atoms in total. The quantitative estimate of drug-likeness (QED) is 0.908. The summed E-state index contributed by atoms with van der Waals surface area (Å²) in [5.41, 5.74) is 0.489. The molecule has 2 amide bonds. The molecule has 0 fully saturated rings. The number of amides is 2. The van der Waals surface area contributed by atoms with Crippen molar-refractivity contribution in [2.75, 3.05) is 17.7 Å². The van der Waals surface area contributed by atoms with Crippen LogP contribution in [-0.4, -0.2) is 22.9 Å². The second-order valence-corrected chi connectivity index (χ2v) is 4.18. The smallest absolute Gasteiger partial charge is 0.325 e. The van der Waals surface area contributed by atoms with E-state index in [-0.39, 0.29) is 0 Å². The van der Waals surface area contributed by atoms with E-state index in [0.717, 1.165) is 0 Å². The molecule has 0 saturated heterocycles. The lowest BCUT2D eigenvalue weighted by Gasteiger charge is -2.11. The number of carbonyl (C=O) groups excluding carboxylic acids is 1. The van der Waals surface area contributed by atoms with E-state index < -0.39 is 6.03 Å². The summed E-state index contributed by atoms with van der Waals surface area (Å²) in [4.78, 5) is 11.8. The van der Waals surface area contributed by atoms with Gasteiger partial charge < -0.3 is 10.1 Å². The number of benzene rings is 1. The molecule has 100 valence electrons. The Labute approximate surface area is 115 Å². The average molecular weight is 281 g/mol. The molecule has 0 radical (unpaired) electrons. The Morgan fingerprint density at radius 3 is 2.79 bits per heavy atom. The number of aromatic nitrogens is 2. The first-order chi connectivity index (χ1) is 9.10. The van der Waals surface area contributed by atoms with Gasteiger partial charge in [-0.2, -0.15) is 5.10 Å². The highest BCUT2D eigenvalue weighted by Gasteiger charge is 2.11. The summed E-state index contributed by atoms with van der Waals surface area (Å²) in [5.74, 6) is 0.876. The highest BCUT2D eigenvalue weighted by atomic mass is 35.5. The predicted molar refractivity (Wildman–Crippen MR) is 73.9 cm³/mol. The van der Waals surface area contributed by atoms with Crippen LogP contribution in [0.2, 0.25) is 5.02 Å². The van der Waals surface area contributed by atoms with Gasteiger partial charge in [-0.05, 0) is 12.1 Å². The third kappa shape index (κ3) is 3.17. The van der Waals surface area contributed by atoms with E-state index in [1.165, 1.54) is 7.11 Å². The fourth-order valence-corrected chi connectivity index (χ4v) is 1.82. The molecule has 0 aliphatic heterocycles. The van der Waals surface area contributed by atoms with Crippen LogP contribution in [-0.2, 0) is 7.05 Å². The SMILES string of the molecule is COc1c(Cl)cccc1NC(=O)Nc1ccn(C)n1. The van der Waals surface area contributed by atoms with Gasteiger partial charge in [-0.25, -0.2) is 4.79 Å². The van der Waals surface area contributed by atoms with E-state index in [1.54, 1.807) is 42.2 Å². The summed E-state index contributed by atoms with van der Waals surface area (Å²) < 4.78 is 6.73. The molecule has 0 unspecified atom stereocenters. The molecule has 2 aromatic rings. The third-order valence-electron chi connectivity index (χ3n) is 2.37. The number of ether oxygens (including phenoxy) is 1. The van der Waals surface area contributed by atoms with Crippen LogP contribution in [0.15, 0.2) is 30.5 Å². The first kappa shape index (κ1) is 13.2. The Morgan fingerprint density at radius 2 is 2.16 bits per heavy atom. The average Bonchev–Trinajstić information content (AvgIpc) is 2.75. The van der Waals surface area contributed by atoms with E-state index in [2.05, 4.69) is 15.7 Å². The Kier molecular flexibility index (Phi) is 3.91. The first-order valence-electron chi connectivity index (χ1n) is 5.50. The normalized spacial score (nSPS) is 10.1. The number of para-hydroxylation sites is 1. The van der Waals surface area contributed by atoms with Gasteiger partial charge in [-0.1, -0.05) is 17.7 Å². The maximum atomic E-state index is 11.8. The predicted octanol–water partition coefficient (Wildman–Crippen LogP) is 2.73. The highest BCUT2D eigenvalue weighted by molar-refractivity contribution is 6.32. The second-order valence-electron chi connectivity index (χ2n) is 3.77. The molecule has 7 heteroatoms. The van der Waals surface area contributed by atoms with Gasteiger partial charge in [0.1, 0.15) is 0 Å². The van der Waals surface area contributed by atoms with Crippen molar-refractivity contribution in [2.45, 2.75) is 0 Å². The standard InChI is InChI=1S/C12H13ClN4O2/c1-17-7-6-10(16-17)15-12(18)14-9-5-3-4-8(13)11(9)19-2/h3-7H,1-2H3,(H2,14,15,16,18). The van der Waals surface area contributed by atoms with E-state index in [4.69, 9.17) is 16.3 Å². The third-order valence-corrected chi connectivity index (χ3v) is 2.67. The number of carbonyl (C=O) groups is 1. The molecule has 0 bridgehead atoms. The molecule has 1 aromatic carbocycles. The maximum absolute atomic E-state index is 11.8. The molecule has 0 aliphatic carbocycles. The molecule has 19 heavy (non-hydrogen) atoms. The van der Waals surface area contributed by atoms with Crippen molar-refractivity contribution in [3.05, 3.63) is 35.5 Å². The van der Waals surface area contributed by atoms with Crippen molar-refractivity contribution in [2.24, 2.45) is 7.05 Å². The molecule has 0 saturated carbocycles. The number of methoxy groups -OCH3 is 1. The van der Waals surface area contributed by atoms with Gasteiger partial charge in [0, 0.05) is 19.3 Å². The summed E-state index contributed by atoms with van der Waals surface area (Å²) in [6.45, 7) is 0. The minimum Gasteiger partial charge on any atom is -0.493 e. The molecule has 2 rings (SSSR count). The molecular weight excluding hydrogens is 268 g/mol. The number of hydrogen-bond donors (Lipinski definition) is 2. The van der Waals surface area contributed by atoms with E-state index >= 15 is 0 Å². The van der Waals surface area contributed by atoms with E-state index in [9.17, 15) is 4.79 Å². The van der Waals surface area contributed by atoms with Crippen molar-refractivity contribution in [3.63, 3.8) is 0 Å². The van der Waals surface area contributed by atoms with Gasteiger partial charge in [0.15, 0.2) is 11.6 Å². The molecule has 0 aliphatic rings. The number of nitrogens with zero attached hydrogens (tertiary/aromatic N) is 2. The van der Waals surface area contributed by atoms with Crippen LogP contribution in [0.3, 0.4) is 0 Å². The number of rotatable bonds is 3. The zero-order valence-electron chi connectivity index (χ0n) is 10.5. The van der Waals surface area contributed by atoms with Crippen LogP contribution in [0, 0.1) is 0 Å². The lowest BCUT2D eigenvalue weighted by molar-refractivity contribution is 0.262. The van der Waals surface area contributed by atoms with Gasteiger partial charge >= 0.3 is 6.03 Å². The fourth-order valence-electron chi connectivity index (χ4n) is 1.57. The Morgan fingerprint density at radius 1 is 1.37 bits per heavy atom. The summed E-state index contributed by atoms with van der Waals surface area (Å²) in [5, 5.41) is 9.72. The molecule has 0 spiro atoms. The zero-order chi connectivity index (χ0) is 13.8. The summed E-state index contributed by atoms with van der Waals surface area (Å²) in [6, 6.07) is 6.38. The van der Waals surface area contributed by atoms with Crippen molar-refractivity contribution in [3.8, 4) is 5.75 Å². The van der Waals surface area contributed by atoms with Gasteiger partial charge in [0.2, 0.25) is 0 Å². The van der Waals surface area contributed by atoms with Crippen molar-refractivity contribution in [1.82, 2.24) is 9.78 Å². The van der Waals surface area contributed by atoms with Crippen LogP contribution in [0.1, 0.15) is 0 Å². The van der Waals surface area contributed by atoms with E-state index in [1.807, 2.05) is 0 Å². The topological polar surface area (TPSA) is 68.2 Å². The lowest BCUT2D eigenvalue weighted by atomic mass is 10.3. The Bertz CT molecular complexity index is 597. The summed E-state index contributed by atoms with van der Waals surface area (Å²) >= 11 is 5.96. The van der Waals surface area contributed by atoms with Crippen LogP contribution in [0.25, 0.3) is 0 Å². The van der Waals surface area contributed by atoms with Gasteiger partial charge in [-0.15, -0.1) is 0 Å². The summed E-state index contributed by atoms with van der Waals surface area (Å²) in [7, 11) is 3.26. The first-order valence-corrected chi connectivity index (χ1v) is 5.88. The Hall–Kier alpha value is -2.21. The molecule has 2 N–H and O–H groups in total. The zero-order valence-corrected chi connectivity index (χ0v) is 11.2. The number of halogens is 1. The van der Waals surface area contributed by atoms with Gasteiger partial charge in [-0.3, -0.25) is 10.00 Å². The fraction of sp³-hybridized carbons (Fsp3) is 0.167. The number of anilines is 2. The molecular formula is C12H13ClN4O2. The maximum Gasteiger partial charge on any atom is 0.325 e. The summed E-state index contributed by atoms with van der Waals surface area (Å²) in [6.07, 6.45) is 1.73. The highest BCUT2D eigenvalue weighted by Crippen LogP contribution is 2.32. The van der Waals surface area contributed by atoms with Gasteiger partial charge in [0.05, 0.1) is 17.8 Å². The number of nitrogens with one attached hydrogen (secondary N) is 2. The Balaban J connectivity index is 2.09. The van der Waals surface area contributed by atoms with Gasteiger partial charge in [0.25, 0.3) is 0 Å².